The maximum atomic E-state index is 12.6. The van der Waals surface area contributed by atoms with Crippen molar-refractivity contribution in [2.24, 2.45) is 0 Å². The van der Waals surface area contributed by atoms with Crippen LogP contribution in [-0.4, -0.2) is 31.1 Å². The van der Waals surface area contributed by atoms with Crippen molar-refractivity contribution in [2.45, 2.75) is 0 Å². The molecule has 2 aromatic carbocycles. The average Bonchev–Trinajstić information content (AvgIpc) is 2.75. The van der Waals surface area contributed by atoms with Crippen molar-refractivity contribution >= 4 is 17.6 Å². The number of esters is 1. The van der Waals surface area contributed by atoms with Gasteiger partial charge in [0, 0.05) is 11.8 Å². The molecule has 0 fully saturated rings. The highest BCUT2D eigenvalue weighted by atomic mass is 16.5. The van der Waals surface area contributed by atoms with Crippen molar-refractivity contribution in [2.75, 3.05) is 19.5 Å². The summed E-state index contributed by atoms with van der Waals surface area (Å²) in [5.74, 6) is 0.568. The van der Waals surface area contributed by atoms with Crippen molar-refractivity contribution in [3.63, 3.8) is 0 Å². The van der Waals surface area contributed by atoms with Gasteiger partial charge in [0.05, 0.1) is 19.8 Å². The van der Waals surface area contributed by atoms with Crippen LogP contribution in [0.1, 0.15) is 20.7 Å². The quantitative estimate of drug-likeness (QED) is 0.654. The summed E-state index contributed by atoms with van der Waals surface area (Å²) in [5, 5.41) is 2.75. The van der Waals surface area contributed by atoms with E-state index in [4.69, 9.17) is 9.47 Å². The minimum Gasteiger partial charge on any atom is -0.497 e. The third kappa shape index (κ3) is 4.45. The Bertz CT molecular complexity index is 986. The van der Waals surface area contributed by atoms with E-state index in [0.717, 1.165) is 0 Å². The fourth-order valence-corrected chi connectivity index (χ4v) is 2.42. The van der Waals surface area contributed by atoms with Gasteiger partial charge in [-0.3, -0.25) is 4.79 Å². The summed E-state index contributed by atoms with van der Waals surface area (Å²) in [6.07, 6.45) is 1.56. The Kier molecular flexibility index (Phi) is 5.86. The summed E-state index contributed by atoms with van der Waals surface area (Å²) >= 11 is 0. The minimum absolute atomic E-state index is 0.241. The van der Waals surface area contributed by atoms with E-state index in [1.54, 1.807) is 67.9 Å². The molecule has 7 nitrogen and oxygen atoms in total. The minimum atomic E-state index is -0.514. The molecular weight excluding hydrogens is 360 g/mol. The third-order valence-electron chi connectivity index (χ3n) is 3.84. The second-order valence-corrected chi connectivity index (χ2v) is 5.66. The summed E-state index contributed by atoms with van der Waals surface area (Å²) in [5.41, 5.74) is 0.991. The van der Waals surface area contributed by atoms with Crippen LogP contribution in [0.5, 0.6) is 17.4 Å². The number of amides is 1. The van der Waals surface area contributed by atoms with Crippen LogP contribution in [0.15, 0.2) is 66.9 Å². The lowest BCUT2D eigenvalue weighted by Crippen LogP contribution is -2.14. The average molecular weight is 378 g/mol. The number of pyridine rings is 1. The SMILES string of the molecule is COC(=O)c1cccc(C(=O)Nc2cccnc2Oc2ccc(OC)cc2)c1. The third-order valence-corrected chi connectivity index (χ3v) is 3.84. The summed E-state index contributed by atoms with van der Waals surface area (Å²) in [6, 6.07) is 16.6. The van der Waals surface area contributed by atoms with Crippen LogP contribution < -0.4 is 14.8 Å². The normalized spacial score (nSPS) is 10.1. The Labute approximate surface area is 161 Å². The predicted octanol–water partition coefficient (Wildman–Crippen LogP) is 3.92. The number of carbonyl (C=O) groups is 2. The van der Waals surface area contributed by atoms with Gasteiger partial charge >= 0.3 is 5.97 Å². The lowest BCUT2D eigenvalue weighted by molar-refractivity contribution is 0.0600. The van der Waals surface area contributed by atoms with E-state index in [9.17, 15) is 9.59 Å². The summed E-state index contributed by atoms with van der Waals surface area (Å²) in [4.78, 5) is 28.4. The number of aromatic nitrogens is 1. The second-order valence-electron chi connectivity index (χ2n) is 5.66. The molecule has 0 radical (unpaired) electrons. The molecule has 0 spiro atoms. The molecule has 3 aromatic rings. The van der Waals surface area contributed by atoms with E-state index in [0.29, 0.717) is 22.7 Å². The predicted molar refractivity (Wildman–Crippen MR) is 103 cm³/mol. The molecule has 0 saturated heterocycles. The Morgan fingerprint density at radius 2 is 1.61 bits per heavy atom. The van der Waals surface area contributed by atoms with E-state index in [1.807, 2.05) is 0 Å². The Hall–Kier alpha value is -3.87. The zero-order chi connectivity index (χ0) is 19.9. The zero-order valence-electron chi connectivity index (χ0n) is 15.3. The highest BCUT2D eigenvalue weighted by Crippen LogP contribution is 2.28. The van der Waals surface area contributed by atoms with E-state index >= 15 is 0 Å². The number of anilines is 1. The number of nitrogens with one attached hydrogen (secondary N) is 1. The molecular formula is C21H18N2O5. The van der Waals surface area contributed by atoms with Gasteiger partial charge in [-0.1, -0.05) is 6.07 Å². The van der Waals surface area contributed by atoms with Crippen LogP contribution in [0, 0.1) is 0 Å². The first kappa shape index (κ1) is 18.9. The number of nitrogens with zero attached hydrogens (tertiary/aromatic N) is 1. The number of hydrogen-bond donors (Lipinski definition) is 1. The van der Waals surface area contributed by atoms with E-state index in [-0.39, 0.29) is 11.4 Å². The van der Waals surface area contributed by atoms with Gasteiger partial charge in [0.2, 0.25) is 5.88 Å². The van der Waals surface area contributed by atoms with Crippen LogP contribution in [0.3, 0.4) is 0 Å². The maximum Gasteiger partial charge on any atom is 0.337 e. The van der Waals surface area contributed by atoms with Crippen LogP contribution >= 0.6 is 0 Å². The summed E-state index contributed by atoms with van der Waals surface area (Å²) in [7, 11) is 2.87. The van der Waals surface area contributed by atoms with Crippen molar-refractivity contribution in [1.82, 2.24) is 4.98 Å². The molecule has 0 atom stereocenters. The van der Waals surface area contributed by atoms with Crippen molar-refractivity contribution in [1.29, 1.82) is 0 Å². The zero-order valence-corrected chi connectivity index (χ0v) is 15.3. The molecule has 3 rings (SSSR count). The Morgan fingerprint density at radius 3 is 2.32 bits per heavy atom. The highest BCUT2D eigenvalue weighted by molar-refractivity contribution is 6.06. The van der Waals surface area contributed by atoms with E-state index < -0.39 is 11.9 Å². The van der Waals surface area contributed by atoms with Crippen LogP contribution in [0.2, 0.25) is 0 Å². The molecule has 0 aliphatic rings. The van der Waals surface area contributed by atoms with Gasteiger partial charge in [-0.05, 0) is 54.6 Å². The number of hydrogen-bond acceptors (Lipinski definition) is 6. The Morgan fingerprint density at radius 1 is 0.893 bits per heavy atom. The van der Waals surface area contributed by atoms with Crippen LogP contribution in [-0.2, 0) is 4.74 Å². The standard InChI is InChI=1S/C21H18N2O5/c1-26-16-8-10-17(11-9-16)28-20-18(7-4-12-22-20)23-19(24)14-5-3-6-15(13-14)21(25)27-2/h3-13H,1-2H3,(H,23,24). The van der Waals surface area contributed by atoms with Crippen molar-refractivity contribution < 1.29 is 23.8 Å². The fraction of sp³-hybridized carbons (Fsp3) is 0.0952. The monoisotopic (exact) mass is 378 g/mol. The first-order valence-electron chi connectivity index (χ1n) is 8.37. The molecule has 1 aromatic heterocycles. The smallest absolute Gasteiger partial charge is 0.337 e. The molecule has 1 N–H and O–H groups in total. The molecule has 0 bridgehead atoms. The molecule has 0 unspecified atom stereocenters. The molecule has 142 valence electrons. The fourth-order valence-electron chi connectivity index (χ4n) is 2.42. The van der Waals surface area contributed by atoms with Gasteiger partial charge in [0.15, 0.2) is 0 Å². The highest BCUT2D eigenvalue weighted by Gasteiger charge is 2.14. The van der Waals surface area contributed by atoms with E-state index in [1.165, 1.54) is 13.2 Å². The lowest BCUT2D eigenvalue weighted by Gasteiger charge is -2.11. The van der Waals surface area contributed by atoms with Gasteiger partial charge < -0.3 is 19.5 Å². The molecule has 7 heteroatoms. The van der Waals surface area contributed by atoms with Gasteiger partial charge in [0.1, 0.15) is 17.2 Å². The first-order valence-corrected chi connectivity index (χ1v) is 8.37. The molecule has 1 amide bonds. The lowest BCUT2D eigenvalue weighted by atomic mass is 10.1. The molecule has 0 aliphatic heterocycles. The van der Waals surface area contributed by atoms with Crippen LogP contribution in [0.25, 0.3) is 0 Å². The summed E-state index contributed by atoms with van der Waals surface area (Å²) in [6.45, 7) is 0. The van der Waals surface area contributed by atoms with E-state index in [2.05, 4.69) is 15.0 Å². The number of rotatable bonds is 6. The number of carbonyl (C=O) groups excluding carboxylic acids is 2. The molecule has 0 aliphatic carbocycles. The van der Waals surface area contributed by atoms with Gasteiger partial charge in [-0.25, -0.2) is 9.78 Å². The Balaban J connectivity index is 1.79. The van der Waals surface area contributed by atoms with Gasteiger partial charge in [-0.15, -0.1) is 0 Å². The molecule has 0 saturated carbocycles. The summed E-state index contributed by atoms with van der Waals surface area (Å²) < 4.78 is 15.6. The maximum absolute atomic E-state index is 12.6. The van der Waals surface area contributed by atoms with Gasteiger partial charge in [0.25, 0.3) is 5.91 Å². The number of methoxy groups -OCH3 is 2. The van der Waals surface area contributed by atoms with Crippen molar-refractivity contribution in [3.05, 3.63) is 78.0 Å². The number of ether oxygens (including phenoxy) is 3. The topological polar surface area (TPSA) is 86.8 Å². The largest absolute Gasteiger partial charge is 0.497 e. The first-order chi connectivity index (χ1) is 13.6. The number of benzene rings is 2. The van der Waals surface area contributed by atoms with Crippen molar-refractivity contribution in [3.8, 4) is 17.4 Å². The molecule has 28 heavy (non-hydrogen) atoms. The molecule has 1 heterocycles. The second kappa shape index (κ2) is 8.68. The van der Waals surface area contributed by atoms with Gasteiger partial charge in [-0.2, -0.15) is 0 Å². The van der Waals surface area contributed by atoms with Crippen LogP contribution in [0.4, 0.5) is 5.69 Å².